The lowest BCUT2D eigenvalue weighted by Crippen LogP contribution is -2.01. The summed E-state index contributed by atoms with van der Waals surface area (Å²) in [6.45, 7) is 1.12. The second kappa shape index (κ2) is 7.43. The van der Waals surface area contributed by atoms with Crippen LogP contribution in [-0.2, 0) is 11.3 Å². The van der Waals surface area contributed by atoms with Gasteiger partial charge in [0, 0.05) is 18.1 Å². The predicted octanol–water partition coefficient (Wildman–Crippen LogP) is 4.58. The van der Waals surface area contributed by atoms with Crippen LogP contribution in [0.1, 0.15) is 28.1 Å². The zero-order valence-electron chi connectivity index (χ0n) is 10.5. The van der Waals surface area contributed by atoms with Crippen LogP contribution >= 0.6 is 22.9 Å². The number of hydrogen-bond donors (Lipinski definition) is 0. The van der Waals surface area contributed by atoms with Crippen LogP contribution in [0, 0.1) is 0 Å². The Bertz CT molecular complexity index is 523. The number of ether oxygens (including phenoxy) is 1. The summed E-state index contributed by atoms with van der Waals surface area (Å²) in [5.41, 5.74) is 1.05. The number of carbonyl (C=O) groups excluding carboxylic acids is 1. The number of rotatable bonds is 7. The summed E-state index contributed by atoms with van der Waals surface area (Å²) in [6.07, 6.45) is 1.29. The van der Waals surface area contributed by atoms with Gasteiger partial charge >= 0.3 is 0 Å². The molecule has 0 spiro atoms. The van der Waals surface area contributed by atoms with E-state index < -0.39 is 0 Å². The van der Waals surface area contributed by atoms with Gasteiger partial charge in [-0.15, -0.1) is 11.3 Å². The molecule has 0 atom stereocenters. The van der Waals surface area contributed by atoms with Gasteiger partial charge in [0.05, 0.1) is 11.5 Å². The van der Waals surface area contributed by atoms with E-state index in [0.29, 0.717) is 24.7 Å². The van der Waals surface area contributed by atoms with Gasteiger partial charge in [0.2, 0.25) is 0 Å². The zero-order chi connectivity index (χ0) is 13.5. The normalized spacial score (nSPS) is 10.6. The van der Waals surface area contributed by atoms with Crippen molar-refractivity contribution >= 4 is 28.7 Å². The van der Waals surface area contributed by atoms with Crippen molar-refractivity contribution in [1.82, 2.24) is 0 Å². The van der Waals surface area contributed by atoms with Crippen LogP contribution in [-0.4, -0.2) is 12.4 Å². The highest BCUT2D eigenvalue weighted by Crippen LogP contribution is 2.13. The third kappa shape index (κ3) is 4.78. The minimum Gasteiger partial charge on any atom is -0.377 e. The molecule has 4 heteroatoms. The molecule has 1 aromatic heterocycles. The van der Waals surface area contributed by atoms with E-state index in [1.165, 1.54) is 11.3 Å². The zero-order valence-corrected chi connectivity index (χ0v) is 12.0. The standard InChI is InChI=1S/C15H15ClO2S/c16-13-5-1-4-12(10-13)11-18-8-2-6-14(17)15-7-3-9-19-15/h1,3-5,7,9-10H,2,6,8,11H2. The van der Waals surface area contributed by atoms with E-state index in [1.54, 1.807) is 0 Å². The van der Waals surface area contributed by atoms with E-state index >= 15 is 0 Å². The van der Waals surface area contributed by atoms with E-state index in [2.05, 4.69) is 0 Å². The Morgan fingerprint density at radius 1 is 1.26 bits per heavy atom. The highest BCUT2D eigenvalue weighted by Gasteiger charge is 2.05. The Morgan fingerprint density at radius 2 is 2.16 bits per heavy atom. The molecule has 0 saturated carbocycles. The molecular formula is C15H15ClO2S. The average Bonchev–Trinajstić information content (AvgIpc) is 2.92. The minimum absolute atomic E-state index is 0.196. The summed E-state index contributed by atoms with van der Waals surface area (Å²) in [4.78, 5) is 12.5. The molecule has 0 amide bonds. The Labute approximate surface area is 122 Å². The van der Waals surface area contributed by atoms with Crippen molar-refractivity contribution < 1.29 is 9.53 Å². The van der Waals surface area contributed by atoms with Crippen LogP contribution in [0.5, 0.6) is 0 Å². The molecule has 0 bridgehead atoms. The summed E-state index contributed by atoms with van der Waals surface area (Å²) in [5, 5.41) is 2.64. The monoisotopic (exact) mass is 294 g/mol. The molecule has 0 N–H and O–H groups in total. The second-order valence-electron chi connectivity index (χ2n) is 4.19. The number of halogens is 1. The largest absolute Gasteiger partial charge is 0.377 e. The molecule has 100 valence electrons. The van der Waals surface area contributed by atoms with E-state index in [1.807, 2.05) is 41.8 Å². The van der Waals surface area contributed by atoms with E-state index in [-0.39, 0.29) is 5.78 Å². The van der Waals surface area contributed by atoms with Gasteiger partial charge in [0.25, 0.3) is 0 Å². The van der Waals surface area contributed by atoms with Crippen LogP contribution in [0.15, 0.2) is 41.8 Å². The average molecular weight is 295 g/mol. The number of carbonyl (C=O) groups is 1. The maximum atomic E-state index is 11.7. The molecule has 2 aromatic rings. The SMILES string of the molecule is O=C(CCCOCc1cccc(Cl)c1)c1cccs1. The highest BCUT2D eigenvalue weighted by atomic mass is 35.5. The lowest BCUT2D eigenvalue weighted by molar-refractivity contribution is 0.0922. The van der Waals surface area contributed by atoms with Crippen LogP contribution in [0.4, 0.5) is 0 Å². The second-order valence-corrected chi connectivity index (χ2v) is 5.57. The Morgan fingerprint density at radius 3 is 2.89 bits per heavy atom. The molecule has 0 radical (unpaired) electrons. The van der Waals surface area contributed by atoms with E-state index in [9.17, 15) is 4.79 Å². The van der Waals surface area contributed by atoms with Gasteiger partial charge in [-0.25, -0.2) is 0 Å². The van der Waals surface area contributed by atoms with Crippen molar-refractivity contribution in [2.45, 2.75) is 19.4 Å². The highest BCUT2D eigenvalue weighted by molar-refractivity contribution is 7.12. The van der Waals surface area contributed by atoms with Crippen molar-refractivity contribution in [2.24, 2.45) is 0 Å². The topological polar surface area (TPSA) is 26.3 Å². The van der Waals surface area contributed by atoms with Crippen LogP contribution in [0.2, 0.25) is 5.02 Å². The van der Waals surface area contributed by atoms with Gasteiger partial charge in [-0.2, -0.15) is 0 Å². The fourth-order valence-electron chi connectivity index (χ4n) is 1.71. The molecule has 1 aromatic carbocycles. The number of Topliss-reactive ketones (excluding diaryl/α,β-unsaturated/α-hetero) is 1. The van der Waals surface area contributed by atoms with Gasteiger partial charge in [-0.1, -0.05) is 29.8 Å². The molecule has 0 aliphatic carbocycles. The van der Waals surface area contributed by atoms with Crippen LogP contribution in [0.3, 0.4) is 0 Å². The maximum Gasteiger partial charge on any atom is 0.172 e. The molecule has 0 saturated heterocycles. The molecule has 0 aliphatic heterocycles. The van der Waals surface area contributed by atoms with Crippen molar-refractivity contribution in [3.8, 4) is 0 Å². The molecule has 0 aliphatic rings. The lowest BCUT2D eigenvalue weighted by Gasteiger charge is -2.04. The quantitative estimate of drug-likeness (QED) is 0.552. The van der Waals surface area contributed by atoms with Crippen molar-refractivity contribution in [3.05, 3.63) is 57.2 Å². The van der Waals surface area contributed by atoms with Crippen molar-refractivity contribution in [3.63, 3.8) is 0 Å². The molecule has 2 nitrogen and oxygen atoms in total. The van der Waals surface area contributed by atoms with Gasteiger partial charge < -0.3 is 4.74 Å². The summed E-state index contributed by atoms with van der Waals surface area (Å²) >= 11 is 7.37. The lowest BCUT2D eigenvalue weighted by atomic mass is 10.2. The maximum absolute atomic E-state index is 11.7. The molecule has 0 unspecified atom stereocenters. The van der Waals surface area contributed by atoms with Crippen molar-refractivity contribution in [1.29, 1.82) is 0 Å². The van der Waals surface area contributed by atoms with Gasteiger partial charge in [0.1, 0.15) is 0 Å². The fraction of sp³-hybridized carbons (Fsp3) is 0.267. The summed E-state index contributed by atoms with van der Waals surface area (Å²) in [7, 11) is 0. The molecule has 2 rings (SSSR count). The number of thiophene rings is 1. The van der Waals surface area contributed by atoms with Crippen LogP contribution < -0.4 is 0 Å². The Balaban J connectivity index is 1.64. The van der Waals surface area contributed by atoms with Crippen molar-refractivity contribution in [2.75, 3.05) is 6.61 Å². The summed E-state index contributed by atoms with van der Waals surface area (Å²) in [5.74, 6) is 0.196. The molecule has 1 heterocycles. The third-order valence-corrected chi connectivity index (χ3v) is 3.79. The molecule has 19 heavy (non-hydrogen) atoms. The fourth-order valence-corrected chi connectivity index (χ4v) is 2.62. The van der Waals surface area contributed by atoms with Gasteiger partial charge in [0.15, 0.2) is 5.78 Å². The molecular weight excluding hydrogens is 280 g/mol. The summed E-state index contributed by atoms with van der Waals surface area (Å²) < 4.78 is 5.53. The van der Waals surface area contributed by atoms with Crippen LogP contribution in [0.25, 0.3) is 0 Å². The Kier molecular flexibility index (Phi) is 5.58. The summed E-state index contributed by atoms with van der Waals surface area (Å²) in [6, 6.07) is 11.4. The predicted molar refractivity (Wildman–Crippen MR) is 79.0 cm³/mol. The van der Waals surface area contributed by atoms with E-state index in [4.69, 9.17) is 16.3 Å². The van der Waals surface area contributed by atoms with Gasteiger partial charge in [-0.05, 0) is 35.6 Å². The smallest absolute Gasteiger partial charge is 0.172 e. The number of hydrogen-bond acceptors (Lipinski definition) is 3. The first-order valence-corrected chi connectivity index (χ1v) is 7.40. The number of ketones is 1. The first-order valence-electron chi connectivity index (χ1n) is 6.14. The van der Waals surface area contributed by atoms with Gasteiger partial charge in [-0.3, -0.25) is 4.79 Å². The minimum atomic E-state index is 0.196. The Hall–Kier alpha value is -1.16. The van der Waals surface area contributed by atoms with E-state index in [0.717, 1.165) is 16.9 Å². The first kappa shape index (κ1) is 14.3. The third-order valence-electron chi connectivity index (χ3n) is 2.65. The number of benzene rings is 1. The first-order chi connectivity index (χ1) is 9.25. The molecule has 0 fully saturated rings.